The second kappa shape index (κ2) is 8.97. The Hall–Kier alpha value is -2.71. The largest absolute Gasteiger partial charge is 0.493 e. The number of aryl methyl sites for hydroxylation is 2. The highest BCUT2D eigenvalue weighted by Gasteiger charge is 2.25. The van der Waals surface area contributed by atoms with Crippen LogP contribution in [0.25, 0.3) is 10.6 Å². The maximum atomic E-state index is 13.3. The smallest absolute Gasteiger partial charge is 0.279 e. The van der Waals surface area contributed by atoms with Gasteiger partial charge in [-0.25, -0.2) is 9.97 Å². The fraction of sp³-hybridized carbons (Fsp3) is 0.318. The molecule has 6 nitrogen and oxygen atoms in total. The summed E-state index contributed by atoms with van der Waals surface area (Å²) in [7, 11) is 3.20. The zero-order chi connectivity index (χ0) is 21.1. The topological polar surface area (TPSA) is 64.6 Å². The van der Waals surface area contributed by atoms with Gasteiger partial charge in [0.05, 0.1) is 19.9 Å². The molecule has 1 amide bonds. The predicted molar refractivity (Wildman–Crippen MR) is 121 cm³/mol. The summed E-state index contributed by atoms with van der Waals surface area (Å²) in [5, 5.41) is 3.27. The fourth-order valence-electron chi connectivity index (χ4n) is 3.44. The molecule has 1 aliphatic rings. The van der Waals surface area contributed by atoms with Gasteiger partial charge in [0.25, 0.3) is 5.91 Å². The Morgan fingerprint density at radius 1 is 1.20 bits per heavy atom. The van der Waals surface area contributed by atoms with Gasteiger partial charge in [0.2, 0.25) is 0 Å². The van der Waals surface area contributed by atoms with E-state index in [9.17, 15) is 4.79 Å². The second-order valence-corrected chi connectivity index (χ2v) is 8.81. The van der Waals surface area contributed by atoms with E-state index in [4.69, 9.17) is 14.5 Å². The normalized spacial score (nSPS) is 12.9. The number of hydrogen-bond acceptors (Lipinski definition) is 7. The maximum absolute atomic E-state index is 13.3. The third kappa shape index (κ3) is 3.97. The molecular weight excluding hydrogens is 418 g/mol. The van der Waals surface area contributed by atoms with E-state index in [0.717, 1.165) is 40.7 Å². The number of hydrogen-bond donors (Lipinski definition) is 0. The van der Waals surface area contributed by atoms with E-state index in [1.165, 1.54) is 22.6 Å². The Morgan fingerprint density at radius 2 is 2.00 bits per heavy atom. The van der Waals surface area contributed by atoms with Gasteiger partial charge >= 0.3 is 0 Å². The van der Waals surface area contributed by atoms with Crippen molar-refractivity contribution in [2.24, 2.45) is 0 Å². The van der Waals surface area contributed by atoms with Crippen LogP contribution in [0, 0.1) is 0 Å². The highest BCUT2D eigenvalue weighted by Crippen LogP contribution is 2.35. The minimum Gasteiger partial charge on any atom is -0.493 e. The van der Waals surface area contributed by atoms with Gasteiger partial charge in [-0.2, -0.15) is 0 Å². The van der Waals surface area contributed by atoms with Crippen LogP contribution in [0.5, 0.6) is 11.5 Å². The van der Waals surface area contributed by atoms with Crippen molar-refractivity contribution in [2.45, 2.75) is 25.7 Å². The minimum absolute atomic E-state index is 0.163. The number of benzene rings is 1. The molecule has 4 rings (SSSR count). The first-order valence-corrected chi connectivity index (χ1v) is 11.4. The number of rotatable bonds is 7. The highest BCUT2D eigenvalue weighted by atomic mass is 32.1. The molecular formula is C22H23N3O3S2. The molecule has 3 aromatic rings. The van der Waals surface area contributed by atoms with Gasteiger partial charge < -0.3 is 9.47 Å². The monoisotopic (exact) mass is 441 g/mol. The third-order valence-electron chi connectivity index (χ3n) is 4.98. The van der Waals surface area contributed by atoms with Crippen LogP contribution < -0.4 is 14.4 Å². The number of anilines is 1. The molecule has 0 spiro atoms. The summed E-state index contributed by atoms with van der Waals surface area (Å²) in [4.78, 5) is 25.6. The molecule has 156 valence electrons. The molecule has 0 bridgehead atoms. The van der Waals surface area contributed by atoms with Crippen LogP contribution in [0.4, 0.5) is 5.13 Å². The van der Waals surface area contributed by atoms with Gasteiger partial charge in [0, 0.05) is 22.4 Å². The molecule has 0 aliphatic heterocycles. The molecule has 0 saturated carbocycles. The molecule has 0 fully saturated rings. The molecule has 0 N–H and O–H groups in total. The molecule has 8 heteroatoms. The lowest BCUT2D eigenvalue weighted by molar-refractivity contribution is 0.0985. The number of thiazole rings is 2. The Bertz CT molecular complexity index is 1050. The average molecular weight is 442 g/mol. The highest BCUT2D eigenvalue weighted by molar-refractivity contribution is 7.16. The van der Waals surface area contributed by atoms with E-state index < -0.39 is 0 Å². The van der Waals surface area contributed by atoms with Crippen molar-refractivity contribution in [3.05, 3.63) is 52.5 Å². The lowest BCUT2D eigenvalue weighted by Crippen LogP contribution is -2.31. The van der Waals surface area contributed by atoms with E-state index in [0.29, 0.717) is 23.7 Å². The predicted octanol–water partition coefficient (Wildman–Crippen LogP) is 5.00. The molecule has 30 heavy (non-hydrogen) atoms. The third-order valence-corrected chi connectivity index (χ3v) is 7.05. The lowest BCUT2D eigenvalue weighted by Gasteiger charge is -2.16. The van der Waals surface area contributed by atoms with Crippen molar-refractivity contribution in [1.82, 2.24) is 9.97 Å². The van der Waals surface area contributed by atoms with E-state index in [1.807, 2.05) is 18.2 Å². The van der Waals surface area contributed by atoms with Crippen molar-refractivity contribution < 1.29 is 14.3 Å². The summed E-state index contributed by atoms with van der Waals surface area (Å²) in [5.74, 6) is 1.11. The quantitative estimate of drug-likeness (QED) is 0.483. The molecule has 0 saturated heterocycles. The number of methoxy groups -OCH3 is 2. The van der Waals surface area contributed by atoms with Crippen LogP contribution in [-0.4, -0.2) is 36.6 Å². The van der Waals surface area contributed by atoms with Crippen molar-refractivity contribution in [3.8, 4) is 22.1 Å². The van der Waals surface area contributed by atoms with Crippen molar-refractivity contribution >= 4 is 33.7 Å². The SMILES string of the molecule is C=CCN(C(=O)c1csc(-c2ccc(OC)c(OC)c2)n1)c1nc2c(s1)CCCC2. The fourth-order valence-corrected chi connectivity index (χ4v) is 5.39. The first kappa shape index (κ1) is 20.6. The summed E-state index contributed by atoms with van der Waals surface area (Å²) in [6.45, 7) is 4.21. The van der Waals surface area contributed by atoms with Crippen LogP contribution >= 0.6 is 22.7 Å². The maximum Gasteiger partial charge on any atom is 0.279 e. The number of amides is 1. The van der Waals surface area contributed by atoms with Gasteiger partial charge in [0.1, 0.15) is 10.7 Å². The molecule has 0 radical (unpaired) electrons. The Labute approximate surface area is 183 Å². The molecule has 1 aromatic carbocycles. The van der Waals surface area contributed by atoms with Gasteiger partial charge in [-0.05, 0) is 43.9 Å². The van der Waals surface area contributed by atoms with Crippen LogP contribution in [0.1, 0.15) is 33.9 Å². The van der Waals surface area contributed by atoms with Crippen molar-refractivity contribution in [2.75, 3.05) is 25.7 Å². The molecule has 2 aromatic heterocycles. The summed E-state index contributed by atoms with van der Waals surface area (Å²) in [6.07, 6.45) is 6.10. The van der Waals surface area contributed by atoms with Gasteiger partial charge in [-0.3, -0.25) is 9.69 Å². The zero-order valence-electron chi connectivity index (χ0n) is 17.0. The van der Waals surface area contributed by atoms with Crippen LogP contribution in [0.3, 0.4) is 0 Å². The van der Waals surface area contributed by atoms with E-state index in [1.54, 1.807) is 41.9 Å². The number of ether oxygens (including phenoxy) is 2. The summed E-state index contributed by atoms with van der Waals surface area (Å²) < 4.78 is 10.7. The lowest BCUT2D eigenvalue weighted by atomic mass is 10.0. The van der Waals surface area contributed by atoms with Crippen molar-refractivity contribution in [1.29, 1.82) is 0 Å². The first-order chi connectivity index (χ1) is 14.6. The summed E-state index contributed by atoms with van der Waals surface area (Å²) in [5.41, 5.74) is 2.41. The van der Waals surface area contributed by atoms with Crippen LogP contribution in [0.2, 0.25) is 0 Å². The zero-order valence-corrected chi connectivity index (χ0v) is 18.6. The van der Waals surface area contributed by atoms with Gasteiger partial charge in [0.15, 0.2) is 16.6 Å². The molecule has 0 atom stereocenters. The Morgan fingerprint density at radius 3 is 2.73 bits per heavy atom. The van der Waals surface area contributed by atoms with Crippen LogP contribution in [0.15, 0.2) is 36.2 Å². The Balaban J connectivity index is 1.62. The number of aromatic nitrogens is 2. The van der Waals surface area contributed by atoms with Crippen LogP contribution in [-0.2, 0) is 12.8 Å². The molecule has 0 unspecified atom stereocenters. The molecule has 1 aliphatic carbocycles. The number of fused-ring (bicyclic) bond motifs is 1. The Kier molecular flexibility index (Phi) is 6.15. The first-order valence-electron chi connectivity index (χ1n) is 9.74. The van der Waals surface area contributed by atoms with E-state index in [2.05, 4.69) is 11.6 Å². The number of carbonyl (C=O) groups is 1. The van der Waals surface area contributed by atoms with E-state index >= 15 is 0 Å². The van der Waals surface area contributed by atoms with Gasteiger partial charge in [-0.1, -0.05) is 6.08 Å². The average Bonchev–Trinajstić information content (AvgIpc) is 3.43. The standard InChI is InChI=1S/C22H23N3O3S2/c1-4-11-25(22-24-15-7-5-6-8-19(15)30-22)21(26)16-13-29-20(23-16)14-9-10-17(27-2)18(12-14)28-3/h4,9-10,12-13H,1,5-8,11H2,2-3H3. The summed E-state index contributed by atoms with van der Waals surface area (Å²) in [6, 6.07) is 5.61. The van der Waals surface area contributed by atoms with Gasteiger partial charge in [-0.15, -0.1) is 29.3 Å². The minimum atomic E-state index is -0.163. The van der Waals surface area contributed by atoms with E-state index in [-0.39, 0.29) is 5.91 Å². The summed E-state index contributed by atoms with van der Waals surface area (Å²) >= 11 is 3.03. The second-order valence-electron chi connectivity index (χ2n) is 6.89. The number of carbonyl (C=O) groups excluding carboxylic acids is 1. The molecule has 2 heterocycles. The number of nitrogens with zero attached hydrogens (tertiary/aromatic N) is 3. The van der Waals surface area contributed by atoms with Crippen molar-refractivity contribution in [3.63, 3.8) is 0 Å².